The second kappa shape index (κ2) is 5.14. The molecule has 18 heavy (non-hydrogen) atoms. The minimum atomic E-state index is -0.225. The van der Waals surface area contributed by atoms with Gasteiger partial charge in [0.25, 0.3) is 0 Å². The number of nitrogens with zero attached hydrogens (tertiary/aromatic N) is 1. The highest BCUT2D eigenvalue weighted by Gasteiger charge is 2.17. The zero-order valence-electron chi connectivity index (χ0n) is 10.6. The van der Waals surface area contributed by atoms with E-state index in [9.17, 15) is 4.79 Å². The summed E-state index contributed by atoms with van der Waals surface area (Å²) in [5, 5.41) is 3.84. The van der Waals surface area contributed by atoms with Crippen molar-refractivity contribution in [1.29, 1.82) is 0 Å². The molecule has 0 saturated heterocycles. The molecule has 2 rings (SSSR count). The molecule has 1 aromatic heterocycles. The third-order valence-corrected chi connectivity index (χ3v) is 3.06. The Morgan fingerprint density at radius 1 is 1.33 bits per heavy atom. The summed E-state index contributed by atoms with van der Waals surface area (Å²) in [6, 6.07) is 9.52. The second-order valence-electron chi connectivity index (χ2n) is 4.55. The number of hydrogen-bond donors (Lipinski definition) is 2. The number of rotatable bonds is 3. The first-order valence-electron chi connectivity index (χ1n) is 5.99. The largest absolute Gasteiger partial charge is 0.327 e. The van der Waals surface area contributed by atoms with Gasteiger partial charge >= 0.3 is 0 Å². The lowest BCUT2D eigenvalue weighted by Crippen LogP contribution is -2.34. The first-order chi connectivity index (χ1) is 8.58. The van der Waals surface area contributed by atoms with E-state index < -0.39 is 0 Å². The van der Waals surface area contributed by atoms with Crippen LogP contribution in [0.5, 0.6) is 0 Å². The van der Waals surface area contributed by atoms with E-state index in [2.05, 4.69) is 10.3 Å². The third kappa shape index (κ3) is 2.65. The fourth-order valence-electron chi connectivity index (χ4n) is 1.63. The van der Waals surface area contributed by atoms with E-state index in [4.69, 9.17) is 5.73 Å². The first kappa shape index (κ1) is 12.5. The minimum absolute atomic E-state index is 0.0814. The number of fused-ring (bicyclic) bond motifs is 1. The van der Waals surface area contributed by atoms with Crippen molar-refractivity contribution in [3.8, 4) is 0 Å². The molecule has 0 aliphatic carbocycles. The van der Waals surface area contributed by atoms with Gasteiger partial charge in [-0.1, -0.05) is 25.1 Å². The van der Waals surface area contributed by atoms with Gasteiger partial charge in [-0.05, 0) is 19.1 Å². The van der Waals surface area contributed by atoms with Gasteiger partial charge in [-0.25, -0.2) is 0 Å². The molecule has 2 atom stereocenters. The van der Waals surface area contributed by atoms with Crippen LogP contribution in [0, 0.1) is 5.92 Å². The number of anilines is 1. The molecule has 0 bridgehead atoms. The second-order valence-corrected chi connectivity index (χ2v) is 4.55. The van der Waals surface area contributed by atoms with Crippen molar-refractivity contribution in [1.82, 2.24) is 4.98 Å². The average Bonchev–Trinajstić information content (AvgIpc) is 2.37. The number of amides is 1. The fourth-order valence-corrected chi connectivity index (χ4v) is 1.63. The number of nitrogens with one attached hydrogen (secondary N) is 1. The van der Waals surface area contributed by atoms with Gasteiger partial charge in [0.15, 0.2) is 0 Å². The van der Waals surface area contributed by atoms with Gasteiger partial charge in [-0.2, -0.15) is 0 Å². The van der Waals surface area contributed by atoms with Crippen LogP contribution >= 0.6 is 0 Å². The van der Waals surface area contributed by atoms with Gasteiger partial charge in [0, 0.05) is 11.4 Å². The zero-order valence-corrected chi connectivity index (χ0v) is 10.6. The van der Waals surface area contributed by atoms with Crippen LogP contribution in [0.25, 0.3) is 10.9 Å². The highest BCUT2D eigenvalue weighted by Crippen LogP contribution is 2.16. The number of carbonyl (C=O) groups is 1. The van der Waals surface area contributed by atoms with Crippen molar-refractivity contribution in [3.05, 3.63) is 36.5 Å². The Kier molecular flexibility index (Phi) is 3.58. The summed E-state index contributed by atoms with van der Waals surface area (Å²) in [6.45, 7) is 3.64. The number of carbonyl (C=O) groups excluding carboxylic acids is 1. The van der Waals surface area contributed by atoms with Gasteiger partial charge in [0.05, 0.1) is 23.3 Å². The van der Waals surface area contributed by atoms with Crippen molar-refractivity contribution in [2.45, 2.75) is 19.9 Å². The molecular weight excluding hydrogens is 226 g/mol. The van der Waals surface area contributed by atoms with Crippen molar-refractivity contribution in [2.24, 2.45) is 11.7 Å². The normalized spacial score (nSPS) is 14.2. The predicted octanol–water partition coefficient (Wildman–Crippen LogP) is 2.16. The lowest BCUT2D eigenvalue weighted by atomic mass is 10.0. The molecule has 1 amide bonds. The average molecular weight is 243 g/mol. The Labute approximate surface area is 106 Å². The summed E-state index contributed by atoms with van der Waals surface area (Å²) in [7, 11) is 0. The van der Waals surface area contributed by atoms with Crippen LogP contribution in [0.2, 0.25) is 0 Å². The van der Waals surface area contributed by atoms with E-state index in [0.717, 1.165) is 10.9 Å². The summed E-state index contributed by atoms with van der Waals surface area (Å²) in [6.07, 6.45) is 1.66. The Morgan fingerprint density at radius 3 is 2.78 bits per heavy atom. The van der Waals surface area contributed by atoms with Gasteiger partial charge in [-0.15, -0.1) is 0 Å². The Hall–Kier alpha value is -1.94. The topological polar surface area (TPSA) is 68.0 Å². The van der Waals surface area contributed by atoms with Crippen LogP contribution in [0.15, 0.2) is 36.5 Å². The molecule has 0 radical (unpaired) electrons. The van der Waals surface area contributed by atoms with Gasteiger partial charge in [0.1, 0.15) is 0 Å². The Morgan fingerprint density at radius 2 is 2.06 bits per heavy atom. The molecule has 2 aromatic rings. The van der Waals surface area contributed by atoms with Crippen LogP contribution in [-0.2, 0) is 4.79 Å². The molecule has 0 spiro atoms. The first-order valence-corrected chi connectivity index (χ1v) is 5.99. The standard InChI is InChI=1S/C14H17N3O/c1-9(10(2)15)14(18)17-12-7-11-5-3-4-6-13(11)16-8-12/h3-10H,15H2,1-2H3,(H,17,18). The van der Waals surface area contributed by atoms with E-state index >= 15 is 0 Å². The SMILES string of the molecule is CC(N)C(C)C(=O)Nc1cnc2ccccc2c1. The molecule has 4 heteroatoms. The molecule has 1 heterocycles. The Balaban J connectivity index is 2.19. The lowest BCUT2D eigenvalue weighted by molar-refractivity contribution is -0.119. The summed E-state index contributed by atoms with van der Waals surface area (Å²) < 4.78 is 0. The van der Waals surface area contributed by atoms with E-state index in [-0.39, 0.29) is 17.9 Å². The molecule has 1 aromatic carbocycles. The molecule has 94 valence electrons. The molecular formula is C14H17N3O. The lowest BCUT2D eigenvalue weighted by Gasteiger charge is -2.15. The summed E-state index contributed by atoms with van der Waals surface area (Å²) in [4.78, 5) is 16.2. The third-order valence-electron chi connectivity index (χ3n) is 3.06. The molecule has 4 nitrogen and oxygen atoms in total. The fraction of sp³-hybridized carbons (Fsp3) is 0.286. The van der Waals surface area contributed by atoms with Gasteiger partial charge in [-0.3, -0.25) is 9.78 Å². The highest BCUT2D eigenvalue weighted by molar-refractivity contribution is 5.94. The number of aromatic nitrogens is 1. The molecule has 0 saturated carbocycles. The number of hydrogen-bond acceptors (Lipinski definition) is 3. The van der Waals surface area contributed by atoms with Crippen LogP contribution in [0.1, 0.15) is 13.8 Å². The van der Waals surface area contributed by atoms with E-state index in [1.807, 2.05) is 44.2 Å². The zero-order chi connectivity index (χ0) is 13.1. The van der Waals surface area contributed by atoms with Crippen molar-refractivity contribution in [2.75, 3.05) is 5.32 Å². The van der Waals surface area contributed by atoms with Crippen molar-refractivity contribution < 1.29 is 4.79 Å². The van der Waals surface area contributed by atoms with Crippen LogP contribution in [0.4, 0.5) is 5.69 Å². The van der Waals surface area contributed by atoms with E-state index in [0.29, 0.717) is 5.69 Å². The van der Waals surface area contributed by atoms with Crippen molar-refractivity contribution >= 4 is 22.5 Å². The highest BCUT2D eigenvalue weighted by atomic mass is 16.1. The summed E-state index contributed by atoms with van der Waals surface area (Å²) in [5.74, 6) is -0.307. The predicted molar refractivity (Wildman–Crippen MR) is 73.2 cm³/mol. The van der Waals surface area contributed by atoms with Crippen LogP contribution < -0.4 is 11.1 Å². The smallest absolute Gasteiger partial charge is 0.228 e. The van der Waals surface area contributed by atoms with Crippen LogP contribution in [0.3, 0.4) is 0 Å². The van der Waals surface area contributed by atoms with E-state index in [1.165, 1.54) is 0 Å². The van der Waals surface area contributed by atoms with Crippen molar-refractivity contribution in [3.63, 3.8) is 0 Å². The maximum atomic E-state index is 11.9. The maximum Gasteiger partial charge on any atom is 0.228 e. The monoisotopic (exact) mass is 243 g/mol. The molecule has 2 unspecified atom stereocenters. The minimum Gasteiger partial charge on any atom is -0.327 e. The molecule has 3 N–H and O–H groups in total. The van der Waals surface area contributed by atoms with E-state index in [1.54, 1.807) is 6.20 Å². The Bertz CT molecular complexity index is 566. The number of pyridine rings is 1. The maximum absolute atomic E-state index is 11.9. The number of benzene rings is 1. The van der Waals surface area contributed by atoms with Gasteiger partial charge < -0.3 is 11.1 Å². The van der Waals surface area contributed by atoms with Crippen LogP contribution in [-0.4, -0.2) is 16.9 Å². The molecule has 0 aliphatic rings. The van der Waals surface area contributed by atoms with Gasteiger partial charge in [0.2, 0.25) is 5.91 Å². The molecule has 0 aliphatic heterocycles. The molecule has 0 fully saturated rings. The summed E-state index contributed by atoms with van der Waals surface area (Å²) >= 11 is 0. The number of nitrogens with two attached hydrogens (primary N) is 1. The summed E-state index contributed by atoms with van der Waals surface area (Å²) in [5.41, 5.74) is 7.32. The quantitative estimate of drug-likeness (QED) is 0.868. The number of para-hydroxylation sites is 1.